The number of hydrogen-bond acceptors (Lipinski definition) is 2. The fourth-order valence-electron chi connectivity index (χ4n) is 3.61. The van der Waals surface area contributed by atoms with E-state index in [4.69, 9.17) is 11.6 Å². The van der Waals surface area contributed by atoms with Gasteiger partial charge in [-0.3, -0.25) is 9.59 Å². The van der Waals surface area contributed by atoms with E-state index in [9.17, 15) is 9.59 Å². The van der Waals surface area contributed by atoms with Gasteiger partial charge in [0.2, 0.25) is 5.91 Å². The van der Waals surface area contributed by atoms with Crippen LogP contribution in [0.25, 0.3) is 23.3 Å². The number of anilines is 1. The zero-order valence-electron chi connectivity index (χ0n) is 16.3. The Morgan fingerprint density at radius 3 is 2.38 bits per heavy atom. The Morgan fingerprint density at radius 2 is 1.62 bits per heavy atom. The lowest BCUT2D eigenvalue weighted by Crippen LogP contribution is -2.29. The van der Waals surface area contributed by atoms with Crippen molar-refractivity contribution in [1.82, 2.24) is 0 Å². The molecule has 0 unspecified atom stereocenters. The van der Waals surface area contributed by atoms with Crippen molar-refractivity contribution in [2.45, 2.75) is 20.4 Å². The van der Waals surface area contributed by atoms with Crippen LogP contribution in [0, 0.1) is 0 Å². The van der Waals surface area contributed by atoms with Crippen molar-refractivity contribution >= 4 is 41.1 Å². The third-order valence-electron chi connectivity index (χ3n) is 5.18. The van der Waals surface area contributed by atoms with Gasteiger partial charge in [-0.1, -0.05) is 54.1 Å². The number of rotatable bonds is 2. The van der Waals surface area contributed by atoms with Crippen molar-refractivity contribution in [2.75, 3.05) is 4.90 Å². The first-order valence-electron chi connectivity index (χ1n) is 9.42. The third-order valence-corrected chi connectivity index (χ3v) is 5.41. The van der Waals surface area contributed by atoms with Crippen LogP contribution < -0.4 is 4.90 Å². The summed E-state index contributed by atoms with van der Waals surface area (Å²) < 4.78 is 0. The molecule has 0 saturated carbocycles. The van der Waals surface area contributed by atoms with Crippen LogP contribution in [0.5, 0.6) is 0 Å². The maximum atomic E-state index is 12.3. The summed E-state index contributed by atoms with van der Waals surface area (Å²) in [4.78, 5) is 25.8. The number of amides is 1. The summed E-state index contributed by atoms with van der Waals surface area (Å²) in [6, 6.07) is 19.4. The normalized spacial score (nSPS) is 13.7. The average molecular weight is 402 g/mol. The molecule has 4 rings (SSSR count). The Labute approximate surface area is 175 Å². The predicted molar refractivity (Wildman–Crippen MR) is 119 cm³/mol. The molecule has 1 heterocycles. The molecule has 3 aromatic rings. The minimum Gasteiger partial charge on any atom is -0.308 e. The maximum Gasteiger partial charge on any atom is 0.224 e. The maximum absolute atomic E-state index is 12.3. The van der Waals surface area contributed by atoms with Gasteiger partial charge in [0.1, 0.15) is 0 Å². The smallest absolute Gasteiger partial charge is 0.224 e. The lowest BCUT2D eigenvalue weighted by molar-refractivity contribution is -0.116. The fraction of sp³-hybridized carbons (Fsp3) is 0.120. The van der Waals surface area contributed by atoms with Gasteiger partial charge in [-0.25, -0.2) is 0 Å². The highest BCUT2D eigenvalue weighted by atomic mass is 35.5. The van der Waals surface area contributed by atoms with E-state index in [1.54, 1.807) is 24.8 Å². The molecule has 0 fully saturated rings. The average Bonchev–Trinajstić information content (AvgIpc) is 2.69. The molecule has 0 atom stereocenters. The number of fused-ring (bicyclic) bond motifs is 2. The Hall–Kier alpha value is -3.17. The van der Waals surface area contributed by atoms with Gasteiger partial charge < -0.3 is 4.90 Å². The topological polar surface area (TPSA) is 37.4 Å². The van der Waals surface area contributed by atoms with Crippen LogP contribution in [-0.2, 0) is 11.3 Å². The Balaban J connectivity index is 1.82. The van der Waals surface area contributed by atoms with Gasteiger partial charge in [-0.2, -0.15) is 0 Å². The number of ketones is 1. The van der Waals surface area contributed by atoms with Gasteiger partial charge in [0.25, 0.3) is 0 Å². The Morgan fingerprint density at radius 1 is 0.862 bits per heavy atom. The van der Waals surface area contributed by atoms with Crippen molar-refractivity contribution in [3.63, 3.8) is 0 Å². The van der Waals surface area contributed by atoms with Gasteiger partial charge in [-0.05, 0) is 65.1 Å². The second-order valence-electron chi connectivity index (χ2n) is 7.19. The molecule has 4 heteroatoms. The highest BCUT2D eigenvalue weighted by Gasteiger charge is 2.19. The van der Waals surface area contributed by atoms with E-state index >= 15 is 0 Å². The number of benzene rings is 3. The largest absolute Gasteiger partial charge is 0.308 e. The number of carbonyl (C=O) groups excluding carboxylic acids is 2. The molecule has 1 aliphatic heterocycles. The van der Waals surface area contributed by atoms with Crippen LogP contribution in [0.2, 0.25) is 5.02 Å². The zero-order valence-corrected chi connectivity index (χ0v) is 17.0. The summed E-state index contributed by atoms with van der Waals surface area (Å²) in [7, 11) is 0. The quantitative estimate of drug-likeness (QED) is 0.476. The first-order valence-corrected chi connectivity index (χ1v) is 9.80. The van der Waals surface area contributed by atoms with Crippen LogP contribution in [0.1, 0.15) is 40.9 Å². The van der Waals surface area contributed by atoms with E-state index in [1.807, 2.05) is 54.6 Å². The zero-order chi connectivity index (χ0) is 20.5. The first-order chi connectivity index (χ1) is 13.9. The predicted octanol–water partition coefficient (Wildman–Crippen LogP) is 6.25. The minimum absolute atomic E-state index is 0.0203. The number of carbonyl (C=O) groups is 2. The van der Waals surface area contributed by atoms with Gasteiger partial charge in [0.15, 0.2) is 5.78 Å². The summed E-state index contributed by atoms with van der Waals surface area (Å²) in [5.74, 6) is 0.0247. The fourth-order valence-corrected chi connectivity index (χ4v) is 3.79. The van der Waals surface area contributed by atoms with Crippen molar-refractivity contribution < 1.29 is 9.59 Å². The van der Waals surface area contributed by atoms with Crippen molar-refractivity contribution in [2.24, 2.45) is 0 Å². The molecule has 0 N–H and O–H groups in total. The monoisotopic (exact) mass is 401 g/mol. The summed E-state index contributed by atoms with van der Waals surface area (Å²) in [5, 5.41) is 0.632. The number of nitrogens with zero attached hydrogens (tertiary/aromatic N) is 1. The molecule has 0 bridgehead atoms. The highest BCUT2D eigenvalue weighted by molar-refractivity contribution is 6.30. The van der Waals surface area contributed by atoms with E-state index in [0.717, 1.165) is 33.5 Å². The minimum atomic E-state index is -0.0203. The first kappa shape index (κ1) is 19.2. The molecule has 144 valence electrons. The van der Waals surface area contributed by atoms with E-state index in [-0.39, 0.29) is 11.7 Å². The SMILES string of the molecule is CC(=O)c1cccc(-c2ccc3c(c2)/C=C\c2cc(Cl)ccc2N(C(C)=O)C3)c1. The summed E-state index contributed by atoms with van der Waals surface area (Å²) in [5.41, 5.74) is 6.55. The molecule has 29 heavy (non-hydrogen) atoms. The standard InChI is InChI=1S/C25H20ClNO2/c1-16(28)18-4-3-5-19(12-18)20-7-9-23-15-27(17(2)29)25-11-10-24(26)14-22(25)8-6-21(23)13-20/h3-14H,15H2,1-2H3/b8-6-. The molecule has 0 aromatic heterocycles. The summed E-state index contributed by atoms with van der Waals surface area (Å²) in [6.07, 6.45) is 4.05. The molecule has 0 aliphatic carbocycles. The third kappa shape index (κ3) is 3.87. The molecule has 1 aliphatic rings. The van der Waals surface area contributed by atoms with Gasteiger partial charge >= 0.3 is 0 Å². The lowest BCUT2D eigenvalue weighted by atomic mass is 9.95. The highest BCUT2D eigenvalue weighted by Crippen LogP contribution is 2.33. The Kier molecular flexibility index (Phi) is 5.08. The van der Waals surface area contributed by atoms with Crippen molar-refractivity contribution in [3.8, 4) is 11.1 Å². The van der Waals surface area contributed by atoms with Crippen molar-refractivity contribution in [1.29, 1.82) is 0 Å². The molecule has 0 spiro atoms. The van der Waals surface area contributed by atoms with Gasteiger partial charge in [0, 0.05) is 17.5 Å². The van der Waals surface area contributed by atoms with Crippen LogP contribution in [-0.4, -0.2) is 11.7 Å². The van der Waals surface area contributed by atoms with E-state index < -0.39 is 0 Å². The van der Waals surface area contributed by atoms with Crippen LogP contribution in [0.4, 0.5) is 5.69 Å². The molecular weight excluding hydrogens is 382 g/mol. The summed E-state index contributed by atoms with van der Waals surface area (Å²) in [6.45, 7) is 3.63. The Bertz CT molecular complexity index is 1160. The van der Waals surface area contributed by atoms with Crippen LogP contribution >= 0.6 is 11.6 Å². The van der Waals surface area contributed by atoms with E-state index in [0.29, 0.717) is 17.1 Å². The number of hydrogen-bond donors (Lipinski definition) is 0. The van der Waals surface area contributed by atoms with Crippen molar-refractivity contribution in [3.05, 3.63) is 87.9 Å². The number of halogens is 1. The molecule has 3 aromatic carbocycles. The van der Waals surface area contributed by atoms with E-state index in [1.165, 1.54) is 0 Å². The molecule has 1 amide bonds. The van der Waals surface area contributed by atoms with Crippen LogP contribution in [0.3, 0.4) is 0 Å². The summed E-state index contributed by atoms with van der Waals surface area (Å²) >= 11 is 6.18. The number of Topliss-reactive ketones (excluding diaryl/α,β-unsaturated/α-hetero) is 1. The molecular formula is C25H20ClNO2. The van der Waals surface area contributed by atoms with Crippen LogP contribution in [0.15, 0.2) is 60.7 Å². The van der Waals surface area contributed by atoms with Gasteiger partial charge in [-0.15, -0.1) is 0 Å². The lowest BCUT2D eigenvalue weighted by Gasteiger charge is -2.26. The second kappa shape index (κ2) is 7.69. The second-order valence-corrected chi connectivity index (χ2v) is 7.63. The molecule has 0 radical (unpaired) electrons. The molecule has 0 saturated heterocycles. The van der Waals surface area contributed by atoms with Gasteiger partial charge in [0.05, 0.1) is 12.2 Å². The van der Waals surface area contributed by atoms with E-state index in [2.05, 4.69) is 12.1 Å². The molecule has 3 nitrogen and oxygen atoms in total.